The van der Waals surface area contributed by atoms with Crippen molar-refractivity contribution in [3.63, 3.8) is 0 Å². The van der Waals surface area contributed by atoms with Crippen LogP contribution in [0.1, 0.15) is 64.3 Å². The summed E-state index contributed by atoms with van der Waals surface area (Å²) in [5, 5.41) is 0. The van der Waals surface area contributed by atoms with Gasteiger partial charge in [0.2, 0.25) is 0 Å². The molecule has 0 amide bonds. The van der Waals surface area contributed by atoms with Crippen LogP contribution in [0.25, 0.3) is 39.0 Å². The molecule has 252 valence electrons. The van der Waals surface area contributed by atoms with Crippen LogP contribution < -0.4 is 4.90 Å². The molecular weight excluding hydrogens is 639 g/mol. The summed E-state index contributed by atoms with van der Waals surface area (Å²) < 4.78 is 0. The van der Waals surface area contributed by atoms with Gasteiger partial charge in [-0.1, -0.05) is 146 Å². The van der Waals surface area contributed by atoms with Crippen LogP contribution in [-0.4, -0.2) is 0 Å². The highest BCUT2D eigenvalue weighted by molar-refractivity contribution is 5.96. The van der Waals surface area contributed by atoms with E-state index in [1.165, 1.54) is 101 Å². The van der Waals surface area contributed by atoms with Crippen molar-refractivity contribution in [1.29, 1.82) is 0 Å². The Morgan fingerprint density at radius 3 is 1.85 bits per heavy atom. The lowest BCUT2D eigenvalue weighted by atomic mass is 9.70. The third-order valence-electron chi connectivity index (χ3n) is 12.4. The number of hydrogen-bond donors (Lipinski definition) is 0. The lowest BCUT2D eigenvalue weighted by molar-refractivity contribution is 0.791. The van der Waals surface area contributed by atoms with E-state index in [1.807, 2.05) is 0 Å². The summed E-state index contributed by atoms with van der Waals surface area (Å²) in [6, 6.07) is 59.7. The number of anilines is 2. The average molecular weight is 678 g/mol. The van der Waals surface area contributed by atoms with Gasteiger partial charge in [0.25, 0.3) is 0 Å². The van der Waals surface area contributed by atoms with Gasteiger partial charge in [-0.05, 0) is 139 Å². The van der Waals surface area contributed by atoms with Crippen molar-refractivity contribution in [3.8, 4) is 33.4 Å². The molecule has 4 aliphatic carbocycles. The first-order valence-corrected chi connectivity index (χ1v) is 19.2. The van der Waals surface area contributed by atoms with Crippen LogP contribution in [0.15, 0.2) is 176 Å². The molecule has 7 aromatic rings. The van der Waals surface area contributed by atoms with E-state index in [2.05, 4.69) is 182 Å². The normalized spacial score (nSPS) is 15.1. The predicted octanol–water partition coefficient (Wildman–Crippen LogP) is 13.1. The Bertz CT molecular complexity index is 2640. The number of rotatable bonds is 5. The van der Waals surface area contributed by atoms with Gasteiger partial charge in [0.1, 0.15) is 0 Å². The summed E-state index contributed by atoms with van der Waals surface area (Å²) >= 11 is 0. The van der Waals surface area contributed by atoms with Crippen LogP contribution >= 0.6 is 0 Å². The summed E-state index contributed by atoms with van der Waals surface area (Å²) in [5.74, 6) is 0. The van der Waals surface area contributed by atoms with Crippen molar-refractivity contribution in [2.45, 2.75) is 38.0 Å². The summed E-state index contributed by atoms with van der Waals surface area (Å²) in [6.45, 7) is 2.27. The fourth-order valence-corrected chi connectivity index (χ4v) is 9.99. The molecule has 11 rings (SSSR count). The van der Waals surface area contributed by atoms with Crippen molar-refractivity contribution >= 4 is 16.9 Å². The van der Waals surface area contributed by atoms with Crippen molar-refractivity contribution in [2.75, 3.05) is 4.90 Å². The van der Waals surface area contributed by atoms with Gasteiger partial charge in [-0.2, -0.15) is 0 Å². The molecule has 1 heteroatoms. The second-order valence-corrected chi connectivity index (χ2v) is 15.0. The SMILES string of the molecule is CCc1ccc2c(c1)C1(c3ccccc3-c3ccccc31)c1ccc(N(C3=CC=C(c4ccccc4)CC3)c3ccc4c(c3)Cc3ccccc3-4)cc1-2. The molecule has 0 saturated heterocycles. The zero-order valence-electron chi connectivity index (χ0n) is 29.9. The molecule has 7 aromatic carbocycles. The van der Waals surface area contributed by atoms with Crippen molar-refractivity contribution < 1.29 is 0 Å². The number of fused-ring (bicyclic) bond motifs is 13. The fraction of sp³-hybridized carbons (Fsp3) is 0.115. The molecule has 0 saturated carbocycles. The monoisotopic (exact) mass is 677 g/mol. The maximum atomic E-state index is 2.55. The minimum atomic E-state index is -0.344. The van der Waals surface area contributed by atoms with Crippen LogP contribution in [0.5, 0.6) is 0 Å². The van der Waals surface area contributed by atoms with Crippen LogP contribution in [0.4, 0.5) is 11.4 Å². The summed E-state index contributed by atoms with van der Waals surface area (Å²) in [5.41, 5.74) is 24.0. The smallest absolute Gasteiger partial charge is 0.0725 e. The van der Waals surface area contributed by atoms with Crippen LogP contribution in [-0.2, 0) is 18.3 Å². The van der Waals surface area contributed by atoms with Gasteiger partial charge in [-0.25, -0.2) is 0 Å². The zero-order chi connectivity index (χ0) is 35.1. The summed E-state index contributed by atoms with van der Waals surface area (Å²) in [4.78, 5) is 2.55. The molecule has 1 nitrogen and oxygen atoms in total. The Hall–Kier alpha value is -6.18. The number of nitrogens with zero attached hydrogens (tertiary/aromatic N) is 1. The second kappa shape index (κ2) is 11.7. The first-order chi connectivity index (χ1) is 26.2. The molecule has 0 atom stereocenters. The minimum Gasteiger partial charge on any atom is -0.314 e. The standard InChI is InChI=1S/C52H39N/c1-2-34-20-27-46-47-33-41(26-29-50(47)52(51(46)30-34)48-18-10-8-16-44(48)45-17-9-11-19-49(45)52)53(39-23-21-36(22-24-39)35-12-4-3-5-13-35)40-25-28-43-38(32-40)31-37-14-6-7-15-42(37)43/h3-21,23,25-30,32-33H,2,22,24,31H2,1H3. The minimum absolute atomic E-state index is 0.344. The highest BCUT2D eigenvalue weighted by atomic mass is 15.1. The van der Waals surface area contributed by atoms with Gasteiger partial charge in [0.15, 0.2) is 0 Å². The Kier molecular flexibility index (Phi) is 6.70. The van der Waals surface area contributed by atoms with Crippen molar-refractivity contribution in [1.82, 2.24) is 0 Å². The van der Waals surface area contributed by atoms with Crippen LogP contribution in [0, 0.1) is 0 Å². The molecule has 0 N–H and O–H groups in total. The van der Waals surface area contributed by atoms with Crippen LogP contribution in [0.2, 0.25) is 0 Å². The lowest BCUT2D eigenvalue weighted by Gasteiger charge is -2.32. The highest BCUT2D eigenvalue weighted by Crippen LogP contribution is 2.63. The predicted molar refractivity (Wildman–Crippen MR) is 221 cm³/mol. The Morgan fingerprint density at radius 2 is 1.09 bits per heavy atom. The summed E-state index contributed by atoms with van der Waals surface area (Å²) in [6.07, 6.45) is 8.68. The van der Waals surface area contributed by atoms with E-state index in [0.717, 1.165) is 25.7 Å². The molecule has 0 unspecified atom stereocenters. The second-order valence-electron chi connectivity index (χ2n) is 15.0. The van der Waals surface area contributed by atoms with E-state index in [4.69, 9.17) is 0 Å². The van der Waals surface area contributed by atoms with E-state index in [1.54, 1.807) is 0 Å². The molecule has 0 radical (unpaired) electrons. The van der Waals surface area contributed by atoms with Gasteiger partial charge in [0, 0.05) is 17.1 Å². The molecule has 53 heavy (non-hydrogen) atoms. The number of hydrogen-bond acceptors (Lipinski definition) is 1. The zero-order valence-corrected chi connectivity index (χ0v) is 29.9. The first-order valence-electron chi connectivity index (χ1n) is 19.2. The molecule has 0 fully saturated rings. The fourth-order valence-electron chi connectivity index (χ4n) is 9.99. The van der Waals surface area contributed by atoms with E-state index in [0.29, 0.717) is 0 Å². The van der Waals surface area contributed by atoms with Gasteiger partial charge < -0.3 is 4.90 Å². The van der Waals surface area contributed by atoms with Gasteiger partial charge >= 0.3 is 0 Å². The molecular formula is C52H39N. The van der Waals surface area contributed by atoms with Gasteiger partial charge in [-0.15, -0.1) is 0 Å². The Labute approximate surface area is 312 Å². The first kappa shape index (κ1) is 30.4. The topological polar surface area (TPSA) is 3.24 Å². The average Bonchev–Trinajstić information content (AvgIpc) is 3.85. The summed E-state index contributed by atoms with van der Waals surface area (Å²) in [7, 11) is 0. The van der Waals surface area contributed by atoms with Gasteiger partial charge in [0.05, 0.1) is 5.41 Å². The largest absolute Gasteiger partial charge is 0.314 e. The molecule has 0 bridgehead atoms. The van der Waals surface area contributed by atoms with Gasteiger partial charge in [-0.3, -0.25) is 0 Å². The maximum absolute atomic E-state index is 2.55. The quantitative estimate of drug-likeness (QED) is 0.175. The molecule has 0 heterocycles. The Morgan fingerprint density at radius 1 is 0.472 bits per heavy atom. The molecule has 0 aliphatic heterocycles. The van der Waals surface area contributed by atoms with Crippen molar-refractivity contribution in [3.05, 3.63) is 220 Å². The number of benzene rings is 7. The molecule has 1 spiro atoms. The van der Waals surface area contributed by atoms with E-state index < -0.39 is 0 Å². The highest BCUT2D eigenvalue weighted by Gasteiger charge is 2.51. The van der Waals surface area contributed by atoms with Crippen LogP contribution in [0.3, 0.4) is 0 Å². The third-order valence-corrected chi connectivity index (χ3v) is 12.4. The number of aryl methyl sites for hydroxylation is 1. The lowest BCUT2D eigenvalue weighted by Crippen LogP contribution is -2.26. The number of allylic oxidation sites excluding steroid dienone is 4. The molecule has 4 aliphatic rings. The van der Waals surface area contributed by atoms with E-state index in [9.17, 15) is 0 Å². The Balaban J connectivity index is 1.12. The van der Waals surface area contributed by atoms with E-state index in [-0.39, 0.29) is 5.41 Å². The maximum Gasteiger partial charge on any atom is 0.0725 e. The van der Waals surface area contributed by atoms with E-state index >= 15 is 0 Å². The third kappa shape index (κ3) is 4.37. The van der Waals surface area contributed by atoms with Crippen molar-refractivity contribution in [2.24, 2.45) is 0 Å². The molecule has 0 aromatic heterocycles.